The number of amides is 2. The molecule has 0 saturated carbocycles. The minimum Gasteiger partial charge on any atom is -0.497 e. The first-order valence-corrected chi connectivity index (χ1v) is 9.71. The van der Waals surface area contributed by atoms with E-state index in [0.29, 0.717) is 15.7 Å². The summed E-state index contributed by atoms with van der Waals surface area (Å²) < 4.78 is 5.16. The molecule has 2 aliphatic heterocycles. The minimum atomic E-state index is -1.25. The minimum absolute atomic E-state index is 0.256. The topological polar surface area (TPSA) is 117 Å². The maximum Gasteiger partial charge on any atom is 0.323 e. The van der Waals surface area contributed by atoms with Gasteiger partial charge in [-0.15, -0.1) is 0 Å². The Balaban J connectivity index is 1.83. The van der Waals surface area contributed by atoms with Crippen molar-refractivity contribution in [2.45, 2.75) is 16.2 Å². The van der Waals surface area contributed by atoms with Crippen LogP contribution in [-0.4, -0.2) is 51.7 Å². The number of fused-ring (bicyclic) bond motifs is 2. The number of rotatable bonds is 4. The van der Waals surface area contributed by atoms with Crippen LogP contribution in [0.3, 0.4) is 0 Å². The van der Waals surface area contributed by atoms with E-state index in [1.54, 1.807) is 31.4 Å². The van der Waals surface area contributed by atoms with E-state index < -0.39 is 41.4 Å². The van der Waals surface area contributed by atoms with E-state index in [4.69, 9.17) is 9.84 Å². The Morgan fingerprint density at radius 2 is 1.93 bits per heavy atom. The zero-order valence-corrected chi connectivity index (χ0v) is 15.6. The second-order valence-electron chi connectivity index (χ2n) is 6.18. The molecule has 10 heteroatoms. The number of aromatic nitrogens is 1. The third kappa shape index (κ3) is 2.85. The van der Waals surface area contributed by atoms with Crippen molar-refractivity contribution in [1.29, 1.82) is 0 Å². The molecule has 2 aromatic rings. The first-order chi connectivity index (χ1) is 12.9. The number of aliphatic carboxylic acids is 1. The number of hydrogen-bond acceptors (Lipinski definition) is 7. The number of methoxy groups -OCH3 is 1. The normalized spacial score (nSPS) is 23.9. The molecule has 27 heavy (non-hydrogen) atoms. The van der Waals surface area contributed by atoms with Gasteiger partial charge in [-0.2, -0.15) is 0 Å². The standard InChI is InChI=1S/C17H14N2O6S2/c1-25-8-4-2-7(3-5-8)10-11-13(26-14-12(10)27-17(24)18-14)16(23)19(15(11)22)6-9(20)21/h2-5,10-11,13H,6H2,1H3,(H,18,24)(H,20,21)/t10-,11?,13?/m1/s1. The van der Waals surface area contributed by atoms with Crippen LogP contribution in [0.2, 0.25) is 0 Å². The summed E-state index contributed by atoms with van der Waals surface area (Å²) in [4.78, 5) is 52.6. The van der Waals surface area contributed by atoms with Gasteiger partial charge in [0.05, 0.1) is 18.1 Å². The SMILES string of the molecule is COc1ccc([C@H]2c3sc(=O)[nH]c3SC3C(=O)N(CC(=O)O)C(=O)C32)cc1. The summed E-state index contributed by atoms with van der Waals surface area (Å²) in [5, 5.41) is 8.84. The number of carboxylic acid groups (broad SMARTS) is 1. The van der Waals surface area contributed by atoms with E-state index in [1.807, 2.05) is 0 Å². The fourth-order valence-corrected chi connectivity index (χ4v) is 6.07. The number of carbonyl (C=O) groups is 3. The van der Waals surface area contributed by atoms with Crippen LogP contribution in [0.25, 0.3) is 0 Å². The number of hydrogen-bond donors (Lipinski definition) is 2. The second kappa shape index (κ2) is 6.54. The number of thiazole rings is 1. The highest BCUT2D eigenvalue weighted by Gasteiger charge is 2.56. The average molecular weight is 406 g/mol. The number of benzene rings is 1. The van der Waals surface area contributed by atoms with Crippen molar-refractivity contribution in [1.82, 2.24) is 9.88 Å². The van der Waals surface area contributed by atoms with Crippen molar-refractivity contribution in [2.75, 3.05) is 13.7 Å². The third-order valence-electron chi connectivity index (χ3n) is 4.68. The van der Waals surface area contributed by atoms with E-state index in [1.165, 1.54) is 0 Å². The molecule has 1 aromatic heterocycles. The van der Waals surface area contributed by atoms with Crippen LogP contribution in [0.15, 0.2) is 34.1 Å². The number of likely N-dealkylation sites (tertiary alicyclic amines) is 1. The number of carboxylic acids is 1. The molecule has 8 nitrogen and oxygen atoms in total. The number of aromatic amines is 1. The predicted molar refractivity (Wildman–Crippen MR) is 97.3 cm³/mol. The van der Waals surface area contributed by atoms with Crippen LogP contribution in [0, 0.1) is 5.92 Å². The molecule has 2 N–H and O–H groups in total. The molecular formula is C17H14N2O6S2. The maximum atomic E-state index is 12.9. The molecule has 0 radical (unpaired) electrons. The molecule has 0 spiro atoms. The molecule has 140 valence electrons. The Bertz CT molecular complexity index is 996. The summed E-state index contributed by atoms with van der Waals surface area (Å²) in [5.41, 5.74) is 0.765. The lowest BCUT2D eigenvalue weighted by Gasteiger charge is -2.29. The smallest absolute Gasteiger partial charge is 0.323 e. The molecule has 2 aliphatic rings. The van der Waals surface area contributed by atoms with Gasteiger partial charge in [-0.25, -0.2) is 0 Å². The molecule has 1 fully saturated rings. The molecule has 2 unspecified atom stereocenters. The largest absolute Gasteiger partial charge is 0.497 e. The van der Waals surface area contributed by atoms with Crippen LogP contribution in [0.1, 0.15) is 16.4 Å². The van der Waals surface area contributed by atoms with Crippen LogP contribution in [0.5, 0.6) is 5.75 Å². The molecule has 4 rings (SSSR count). The van der Waals surface area contributed by atoms with E-state index >= 15 is 0 Å². The molecular weight excluding hydrogens is 392 g/mol. The van der Waals surface area contributed by atoms with Crippen molar-refractivity contribution < 1.29 is 24.2 Å². The van der Waals surface area contributed by atoms with Crippen molar-refractivity contribution in [3.8, 4) is 5.75 Å². The lowest BCUT2D eigenvalue weighted by atomic mass is 9.83. The Labute approximate surface area is 161 Å². The zero-order chi connectivity index (χ0) is 19.3. The first-order valence-electron chi connectivity index (χ1n) is 8.01. The van der Waals surface area contributed by atoms with Gasteiger partial charge >= 0.3 is 10.8 Å². The summed E-state index contributed by atoms with van der Waals surface area (Å²) in [5.74, 6) is -2.92. The van der Waals surface area contributed by atoms with Crippen LogP contribution >= 0.6 is 23.1 Å². The lowest BCUT2D eigenvalue weighted by molar-refractivity contribution is -0.149. The Hall–Kier alpha value is -2.59. The van der Waals surface area contributed by atoms with Gasteiger partial charge in [0.1, 0.15) is 17.5 Å². The highest BCUT2D eigenvalue weighted by Crippen LogP contribution is 2.52. The average Bonchev–Trinajstić information content (AvgIpc) is 3.12. The molecule has 3 atom stereocenters. The molecule has 2 amide bonds. The molecule has 3 heterocycles. The molecule has 1 aromatic carbocycles. The zero-order valence-electron chi connectivity index (χ0n) is 14.0. The van der Waals surface area contributed by atoms with Crippen molar-refractivity contribution in [2.24, 2.45) is 5.92 Å². The van der Waals surface area contributed by atoms with Gasteiger partial charge in [-0.3, -0.25) is 24.1 Å². The second-order valence-corrected chi connectivity index (χ2v) is 8.35. The highest BCUT2D eigenvalue weighted by molar-refractivity contribution is 8.00. The van der Waals surface area contributed by atoms with Crippen molar-refractivity contribution >= 4 is 40.9 Å². The Morgan fingerprint density at radius 1 is 1.22 bits per heavy atom. The van der Waals surface area contributed by atoms with Gasteiger partial charge in [-0.1, -0.05) is 35.2 Å². The molecule has 0 bridgehead atoms. The lowest BCUT2D eigenvalue weighted by Crippen LogP contribution is -2.36. The summed E-state index contributed by atoms with van der Waals surface area (Å²) in [7, 11) is 1.54. The van der Waals surface area contributed by atoms with E-state index in [-0.39, 0.29) is 4.87 Å². The maximum absolute atomic E-state index is 12.9. The monoisotopic (exact) mass is 406 g/mol. The number of ether oxygens (including phenoxy) is 1. The number of H-pyrrole nitrogens is 1. The first kappa shape index (κ1) is 17.8. The molecule has 0 aliphatic carbocycles. The van der Waals surface area contributed by atoms with E-state index in [2.05, 4.69) is 4.98 Å². The van der Waals surface area contributed by atoms with E-state index in [9.17, 15) is 19.2 Å². The van der Waals surface area contributed by atoms with Gasteiger partial charge < -0.3 is 14.8 Å². The van der Waals surface area contributed by atoms with Gasteiger partial charge in [0.15, 0.2) is 0 Å². The van der Waals surface area contributed by atoms with Crippen molar-refractivity contribution in [3.63, 3.8) is 0 Å². The predicted octanol–water partition coefficient (Wildman–Crippen LogP) is 1.12. The van der Waals surface area contributed by atoms with Gasteiger partial charge in [0, 0.05) is 10.8 Å². The number of imide groups is 1. The third-order valence-corrected chi connectivity index (χ3v) is 7.08. The summed E-state index contributed by atoms with van der Waals surface area (Å²) >= 11 is 2.13. The number of carbonyl (C=O) groups excluding carboxylic acids is 2. The van der Waals surface area contributed by atoms with Gasteiger partial charge in [0.2, 0.25) is 11.8 Å². The summed E-state index contributed by atoms with van der Waals surface area (Å²) in [6, 6.07) is 7.08. The summed E-state index contributed by atoms with van der Waals surface area (Å²) in [6.07, 6.45) is 0. The number of nitrogens with one attached hydrogen (secondary N) is 1. The highest BCUT2D eigenvalue weighted by atomic mass is 32.2. The quantitative estimate of drug-likeness (QED) is 0.731. The van der Waals surface area contributed by atoms with Crippen LogP contribution < -0.4 is 9.61 Å². The fraction of sp³-hybridized carbons (Fsp3) is 0.294. The van der Waals surface area contributed by atoms with Crippen LogP contribution in [-0.2, 0) is 14.4 Å². The summed E-state index contributed by atoms with van der Waals surface area (Å²) in [6.45, 7) is -0.662. The van der Waals surface area contributed by atoms with Crippen LogP contribution in [0.4, 0.5) is 0 Å². The number of nitrogens with zero attached hydrogens (tertiary/aromatic N) is 1. The Morgan fingerprint density at radius 3 is 2.56 bits per heavy atom. The van der Waals surface area contributed by atoms with Gasteiger partial charge in [0.25, 0.3) is 0 Å². The molecule has 1 saturated heterocycles. The number of thioether (sulfide) groups is 1. The van der Waals surface area contributed by atoms with Gasteiger partial charge in [-0.05, 0) is 17.7 Å². The van der Waals surface area contributed by atoms with E-state index in [0.717, 1.165) is 33.6 Å². The van der Waals surface area contributed by atoms with Crippen molar-refractivity contribution in [3.05, 3.63) is 44.4 Å². The fourth-order valence-electron chi connectivity index (χ4n) is 3.54. The Kier molecular flexibility index (Phi) is 4.31.